The van der Waals surface area contributed by atoms with Gasteiger partial charge in [-0.25, -0.2) is 0 Å². The van der Waals surface area contributed by atoms with Crippen molar-refractivity contribution in [1.82, 2.24) is 5.32 Å². The fourth-order valence-electron chi connectivity index (χ4n) is 3.56. The van der Waals surface area contributed by atoms with E-state index in [-0.39, 0.29) is 0 Å². The van der Waals surface area contributed by atoms with E-state index in [1.807, 2.05) is 0 Å². The third-order valence-corrected chi connectivity index (χ3v) is 4.66. The summed E-state index contributed by atoms with van der Waals surface area (Å²) in [4.78, 5) is 2.54. The summed E-state index contributed by atoms with van der Waals surface area (Å²) in [6, 6.07) is 8.70. The first-order chi connectivity index (χ1) is 9.33. The number of hydrogen-bond acceptors (Lipinski definition) is 3. The third-order valence-electron chi connectivity index (χ3n) is 4.66. The van der Waals surface area contributed by atoms with Crippen LogP contribution < -0.4 is 15.5 Å². The zero-order valence-electron chi connectivity index (χ0n) is 11.9. The summed E-state index contributed by atoms with van der Waals surface area (Å²) in [7, 11) is 0. The van der Waals surface area contributed by atoms with Crippen LogP contribution in [0.25, 0.3) is 0 Å². The lowest BCUT2D eigenvalue weighted by atomic mass is 9.86. The lowest BCUT2D eigenvalue weighted by molar-refractivity contribution is 0.297. The molecule has 3 rings (SSSR count). The molecule has 3 nitrogen and oxygen atoms in total. The van der Waals surface area contributed by atoms with Gasteiger partial charge in [0.2, 0.25) is 0 Å². The van der Waals surface area contributed by atoms with Crippen LogP contribution in [0.5, 0.6) is 0 Å². The number of para-hydroxylation sites is 2. The number of anilines is 2. The van der Waals surface area contributed by atoms with Gasteiger partial charge in [0.1, 0.15) is 0 Å². The van der Waals surface area contributed by atoms with Crippen molar-refractivity contribution in [2.45, 2.75) is 38.1 Å². The number of hydrogen-bond donors (Lipinski definition) is 2. The molecule has 2 heterocycles. The molecule has 1 spiro atoms. The molecule has 0 atom stereocenters. The second-order valence-electron chi connectivity index (χ2n) is 5.85. The molecule has 1 aromatic carbocycles. The highest BCUT2D eigenvalue weighted by Crippen LogP contribution is 2.35. The van der Waals surface area contributed by atoms with Gasteiger partial charge in [0.25, 0.3) is 0 Å². The minimum atomic E-state index is 0.462. The molecule has 1 aromatic rings. The molecule has 2 fully saturated rings. The topological polar surface area (TPSA) is 27.3 Å². The number of nitrogens with one attached hydrogen (secondary N) is 2. The van der Waals surface area contributed by atoms with Gasteiger partial charge in [0.15, 0.2) is 0 Å². The molecule has 0 saturated carbocycles. The Balaban J connectivity index is 1.71. The molecule has 0 aliphatic carbocycles. The van der Waals surface area contributed by atoms with Crippen molar-refractivity contribution in [1.29, 1.82) is 0 Å². The smallest absolute Gasteiger partial charge is 0.0602 e. The van der Waals surface area contributed by atoms with E-state index in [1.165, 1.54) is 56.7 Å². The van der Waals surface area contributed by atoms with Gasteiger partial charge in [-0.1, -0.05) is 12.1 Å². The fraction of sp³-hybridized carbons (Fsp3) is 0.625. The number of piperidine rings is 1. The zero-order chi connectivity index (χ0) is 13.1. The second-order valence-corrected chi connectivity index (χ2v) is 5.85. The SMILES string of the molecule is CCNc1ccccc1N1CCC2(CCCN2)CC1. The standard InChI is InChI=1S/C16H25N3/c1-2-17-14-6-3-4-7-15(14)19-12-9-16(10-13-19)8-5-11-18-16/h3-4,6-7,17-18H,2,5,8-13H2,1H3. The summed E-state index contributed by atoms with van der Waals surface area (Å²) >= 11 is 0. The van der Waals surface area contributed by atoms with Crippen LogP contribution in [0, 0.1) is 0 Å². The molecule has 3 heteroatoms. The first-order valence-corrected chi connectivity index (χ1v) is 7.66. The van der Waals surface area contributed by atoms with Crippen molar-refractivity contribution in [3.05, 3.63) is 24.3 Å². The second kappa shape index (κ2) is 5.41. The molecule has 19 heavy (non-hydrogen) atoms. The average molecular weight is 259 g/mol. The number of nitrogens with zero attached hydrogens (tertiary/aromatic N) is 1. The third kappa shape index (κ3) is 2.57. The van der Waals surface area contributed by atoms with Crippen LogP contribution >= 0.6 is 0 Å². The molecule has 0 unspecified atom stereocenters. The Bertz CT molecular complexity index is 414. The van der Waals surface area contributed by atoms with Crippen LogP contribution in [0.2, 0.25) is 0 Å². The van der Waals surface area contributed by atoms with Crippen molar-refractivity contribution in [2.24, 2.45) is 0 Å². The van der Waals surface area contributed by atoms with Crippen LogP contribution in [-0.4, -0.2) is 31.7 Å². The van der Waals surface area contributed by atoms with Gasteiger partial charge in [-0.15, -0.1) is 0 Å². The Morgan fingerprint density at radius 1 is 1.21 bits per heavy atom. The average Bonchev–Trinajstić information content (AvgIpc) is 2.89. The van der Waals surface area contributed by atoms with Gasteiger partial charge in [-0.3, -0.25) is 0 Å². The van der Waals surface area contributed by atoms with Crippen LogP contribution in [0.4, 0.5) is 11.4 Å². The Morgan fingerprint density at radius 3 is 2.68 bits per heavy atom. The monoisotopic (exact) mass is 259 g/mol. The number of rotatable bonds is 3. The first-order valence-electron chi connectivity index (χ1n) is 7.66. The molecular formula is C16H25N3. The van der Waals surface area contributed by atoms with Crippen LogP contribution in [0.15, 0.2) is 24.3 Å². The maximum Gasteiger partial charge on any atom is 0.0602 e. The van der Waals surface area contributed by atoms with Crippen molar-refractivity contribution in [3.63, 3.8) is 0 Å². The zero-order valence-corrected chi connectivity index (χ0v) is 11.9. The van der Waals surface area contributed by atoms with Crippen molar-refractivity contribution >= 4 is 11.4 Å². The van der Waals surface area contributed by atoms with Crippen LogP contribution in [0.1, 0.15) is 32.6 Å². The Morgan fingerprint density at radius 2 is 2.00 bits per heavy atom. The van der Waals surface area contributed by atoms with Crippen LogP contribution in [-0.2, 0) is 0 Å². The first kappa shape index (κ1) is 12.8. The van der Waals surface area contributed by atoms with Gasteiger partial charge >= 0.3 is 0 Å². The van der Waals surface area contributed by atoms with Gasteiger partial charge in [0.05, 0.1) is 11.4 Å². The molecule has 2 aliphatic rings. The normalized spacial score (nSPS) is 21.8. The molecule has 0 aromatic heterocycles. The molecule has 0 radical (unpaired) electrons. The maximum atomic E-state index is 3.74. The van der Waals surface area contributed by atoms with Gasteiger partial charge in [0, 0.05) is 25.2 Å². The number of benzene rings is 1. The maximum absolute atomic E-state index is 3.74. The van der Waals surface area contributed by atoms with Gasteiger partial charge < -0.3 is 15.5 Å². The van der Waals surface area contributed by atoms with E-state index in [0.29, 0.717) is 5.54 Å². The summed E-state index contributed by atoms with van der Waals surface area (Å²) in [6.07, 6.45) is 5.30. The lowest BCUT2D eigenvalue weighted by Crippen LogP contribution is -2.50. The van der Waals surface area contributed by atoms with E-state index in [9.17, 15) is 0 Å². The van der Waals surface area contributed by atoms with E-state index >= 15 is 0 Å². The quantitative estimate of drug-likeness (QED) is 0.874. The fourth-order valence-corrected chi connectivity index (χ4v) is 3.56. The van der Waals surface area contributed by atoms with Crippen LogP contribution in [0.3, 0.4) is 0 Å². The summed E-state index contributed by atoms with van der Waals surface area (Å²) < 4.78 is 0. The van der Waals surface area contributed by atoms with E-state index in [2.05, 4.69) is 46.7 Å². The van der Waals surface area contributed by atoms with Crippen molar-refractivity contribution in [3.8, 4) is 0 Å². The molecular weight excluding hydrogens is 234 g/mol. The highest BCUT2D eigenvalue weighted by molar-refractivity contribution is 5.70. The molecule has 2 saturated heterocycles. The summed E-state index contributed by atoms with van der Waals surface area (Å²) in [6.45, 7) is 6.71. The Kier molecular flexibility index (Phi) is 3.65. The Hall–Kier alpha value is -1.22. The highest BCUT2D eigenvalue weighted by Gasteiger charge is 2.36. The largest absolute Gasteiger partial charge is 0.384 e. The minimum absolute atomic E-state index is 0.462. The Labute approximate surface area is 116 Å². The molecule has 0 bridgehead atoms. The van der Waals surface area contributed by atoms with Crippen molar-refractivity contribution < 1.29 is 0 Å². The van der Waals surface area contributed by atoms with E-state index in [0.717, 1.165) is 6.54 Å². The predicted octanol–water partition coefficient (Wildman–Crippen LogP) is 2.84. The summed E-state index contributed by atoms with van der Waals surface area (Å²) in [5.74, 6) is 0. The lowest BCUT2D eigenvalue weighted by Gasteiger charge is -2.41. The van der Waals surface area contributed by atoms with E-state index in [4.69, 9.17) is 0 Å². The highest BCUT2D eigenvalue weighted by atomic mass is 15.2. The van der Waals surface area contributed by atoms with Crippen molar-refractivity contribution in [2.75, 3.05) is 36.4 Å². The van der Waals surface area contributed by atoms with Gasteiger partial charge in [-0.05, 0) is 51.3 Å². The molecule has 2 aliphatic heterocycles. The van der Waals surface area contributed by atoms with Gasteiger partial charge in [-0.2, -0.15) is 0 Å². The minimum Gasteiger partial charge on any atom is -0.384 e. The summed E-state index contributed by atoms with van der Waals surface area (Å²) in [5, 5.41) is 7.22. The van der Waals surface area contributed by atoms with E-state index < -0.39 is 0 Å². The molecule has 0 amide bonds. The summed E-state index contributed by atoms with van der Waals surface area (Å²) in [5.41, 5.74) is 3.11. The predicted molar refractivity (Wildman–Crippen MR) is 82.0 cm³/mol. The van der Waals surface area contributed by atoms with E-state index in [1.54, 1.807) is 0 Å². The molecule has 2 N–H and O–H groups in total. The molecule has 104 valence electrons.